The second-order valence-electron chi connectivity index (χ2n) is 5.27. The minimum Gasteiger partial charge on any atom is -0.384 e. The summed E-state index contributed by atoms with van der Waals surface area (Å²) in [5, 5.41) is 4.25. The number of hydrogen-bond acceptors (Lipinski definition) is 6. The first-order chi connectivity index (χ1) is 10.8. The van der Waals surface area contributed by atoms with Crippen LogP contribution in [-0.4, -0.2) is 21.7 Å². The Morgan fingerprint density at radius 3 is 2.82 bits per heavy atom. The van der Waals surface area contributed by atoms with E-state index < -0.39 is 0 Å². The van der Waals surface area contributed by atoms with Gasteiger partial charge in [0.15, 0.2) is 0 Å². The van der Waals surface area contributed by atoms with Crippen LogP contribution >= 0.6 is 0 Å². The van der Waals surface area contributed by atoms with Gasteiger partial charge in [-0.1, -0.05) is 35.5 Å². The van der Waals surface area contributed by atoms with Crippen LogP contribution < -0.4 is 10.6 Å². The van der Waals surface area contributed by atoms with Gasteiger partial charge < -0.3 is 15.2 Å². The Kier molecular flexibility index (Phi) is 3.00. The molecule has 0 atom stereocenters. The Labute approximate surface area is 127 Å². The highest BCUT2D eigenvalue weighted by Crippen LogP contribution is 2.31. The summed E-state index contributed by atoms with van der Waals surface area (Å²) in [5.41, 5.74) is 8.84. The Hall–Kier alpha value is -2.89. The summed E-state index contributed by atoms with van der Waals surface area (Å²) in [5.74, 6) is 2.26. The maximum atomic E-state index is 5.75. The van der Waals surface area contributed by atoms with Crippen molar-refractivity contribution in [3.8, 4) is 11.3 Å². The van der Waals surface area contributed by atoms with Crippen molar-refractivity contribution in [2.24, 2.45) is 0 Å². The van der Waals surface area contributed by atoms with Gasteiger partial charge in [-0.05, 0) is 0 Å². The molecule has 1 aliphatic heterocycles. The van der Waals surface area contributed by atoms with Crippen LogP contribution in [0.1, 0.15) is 11.3 Å². The molecule has 0 spiro atoms. The fourth-order valence-electron chi connectivity index (χ4n) is 2.76. The lowest BCUT2D eigenvalue weighted by Crippen LogP contribution is -2.30. The van der Waals surface area contributed by atoms with Crippen LogP contribution in [0.15, 0.2) is 47.2 Å². The predicted molar refractivity (Wildman–Crippen MR) is 83.1 cm³/mol. The fourth-order valence-corrected chi connectivity index (χ4v) is 2.76. The Morgan fingerprint density at radius 2 is 2.00 bits per heavy atom. The Bertz CT molecular complexity index is 799. The molecule has 0 aliphatic carbocycles. The summed E-state index contributed by atoms with van der Waals surface area (Å²) in [6.45, 7) is 1.53. The molecule has 4 rings (SSSR count). The minimum atomic E-state index is 0.476. The van der Waals surface area contributed by atoms with Crippen molar-refractivity contribution in [2.45, 2.75) is 13.0 Å². The van der Waals surface area contributed by atoms with E-state index in [1.807, 2.05) is 30.3 Å². The summed E-state index contributed by atoms with van der Waals surface area (Å²) in [4.78, 5) is 10.4. The first-order valence-corrected chi connectivity index (χ1v) is 7.16. The molecule has 110 valence electrons. The molecule has 3 heterocycles. The molecule has 0 bridgehead atoms. The summed E-state index contributed by atoms with van der Waals surface area (Å²) in [7, 11) is 0. The van der Waals surface area contributed by atoms with Gasteiger partial charge in [-0.2, -0.15) is 0 Å². The zero-order chi connectivity index (χ0) is 14.9. The summed E-state index contributed by atoms with van der Waals surface area (Å²) in [6.07, 6.45) is 2.30. The highest BCUT2D eigenvalue weighted by atomic mass is 16.5. The van der Waals surface area contributed by atoms with Crippen LogP contribution in [0.5, 0.6) is 0 Å². The third-order valence-electron chi connectivity index (χ3n) is 3.87. The van der Waals surface area contributed by atoms with E-state index in [9.17, 15) is 0 Å². The smallest absolute Gasteiger partial charge is 0.144 e. The van der Waals surface area contributed by atoms with E-state index in [-0.39, 0.29) is 0 Å². The molecular weight excluding hydrogens is 278 g/mol. The molecule has 6 heteroatoms. The van der Waals surface area contributed by atoms with E-state index in [1.54, 1.807) is 6.07 Å². The topological polar surface area (TPSA) is 81.1 Å². The Balaban J connectivity index is 1.70. The second-order valence-corrected chi connectivity index (χ2v) is 5.27. The molecule has 1 aromatic carbocycles. The molecule has 0 radical (unpaired) electrons. The summed E-state index contributed by atoms with van der Waals surface area (Å²) < 4.78 is 5.52. The molecule has 0 fully saturated rings. The maximum absolute atomic E-state index is 5.75. The molecule has 2 aromatic heterocycles. The number of anilines is 2. The molecule has 2 N–H and O–H groups in total. The molecule has 3 aromatic rings. The van der Waals surface area contributed by atoms with Crippen molar-refractivity contribution in [2.75, 3.05) is 17.2 Å². The van der Waals surface area contributed by atoms with Gasteiger partial charge in [0.05, 0.1) is 6.54 Å². The van der Waals surface area contributed by atoms with Gasteiger partial charge in [0.2, 0.25) is 0 Å². The molecule has 6 nitrogen and oxygen atoms in total. The number of fused-ring (bicyclic) bond motifs is 1. The van der Waals surface area contributed by atoms with Gasteiger partial charge in [0, 0.05) is 30.2 Å². The van der Waals surface area contributed by atoms with Crippen molar-refractivity contribution < 1.29 is 4.52 Å². The van der Waals surface area contributed by atoms with E-state index in [2.05, 4.69) is 20.0 Å². The number of nitrogens with two attached hydrogens (primary N) is 1. The average Bonchev–Trinajstić information content (AvgIpc) is 2.99. The van der Waals surface area contributed by atoms with Gasteiger partial charge in [-0.15, -0.1) is 0 Å². The van der Waals surface area contributed by atoms with Crippen LogP contribution in [0.3, 0.4) is 0 Å². The standard InChI is InChI=1S/C16H15N5O/c17-14-8-15(19-10-18-14)21-7-6-13-12(9-21)16(20-22-13)11-4-2-1-3-5-11/h1-5,8,10H,6-7,9H2,(H2,17,18,19). The lowest BCUT2D eigenvalue weighted by Gasteiger charge is -2.27. The van der Waals surface area contributed by atoms with Crippen molar-refractivity contribution in [1.82, 2.24) is 15.1 Å². The summed E-state index contributed by atoms with van der Waals surface area (Å²) in [6, 6.07) is 11.9. The first kappa shape index (κ1) is 12.8. The first-order valence-electron chi connectivity index (χ1n) is 7.16. The van der Waals surface area contributed by atoms with E-state index in [0.29, 0.717) is 12.4 Å². The largest absolute Gasteiger partial charge is 0.384 e. The Morgan fingerprint density at radius 1 is 1.14 bits per heavy atom. The van der Waals surface area contributed by atoms with Crippen molar-refractivity contribution >= 4 is 11.6 Å². The van der Waals surface area contributed by atoms with Crippen molar-refractivity contribution in [1.29, 1.82) is 0 Å². The zero-order valence-corrected chi connectivity index (χ0v) is 11.9. The number of hydrogen-bond donors (Lipinski definition) is 1. The normalized spacial score (nSPS) is 13.9. The van der Waals surface area contributed by atoms with Gasteiger partial charge >= 0.3 is 0 Å². The molecule has 1 aliphatic rings. The third-order valence-corrected chi connectivity index (χ3v) is 3.87. The second kappa shape index (κ2) is 5.14. The van der Waals surface area contributed by atoms with Crippen LogP contribution in [0, 0.1) is 0 Å². The highest BCUT2D eigenvalue weighted by Gasteiger charge is 2.25. The summed E-state index contributed by atoms with van der Waals surface area (Å²) >= 11 is 0. The van der Waals surface area contributed by atoms with Gasteiger partial charge in [0.25, 0.3) is 0 Å². The molecule has 0 amide bonds. The van der Waals surface area contributed by atoms with E-state index in [4.69, 9.17) is 10.3 Å². The number of nitrogens with zero attached hydrogens (tertiary/aromatic N) is 4. The lowest BCUT2D eigenvalue weighted by atomic mass is 10.0. The molecule has 0 unspecified atom stereocenters. The SMILES string of the molecule is Nc1cc(N2CCc3onc(-c4ccccc4)c3C2)ncn1. The van der Waals surface area contributed by atoms with Gasteiger partial charge in [-0.25, -0.2) is 9.97 Å². The third kappa shape index (κ3) is 2.18. The predicted octanol–water partition coefficient (Wildman–Crippen LogP) is 2.28. The van der Waals surface area contributed by atoms with Crippen LogP contribution in [0.25, 0.3) is 11.3 Å². The molecular formula is C16H15N5O. The van der Waals surface area contributed by atoms with Gasteiger partial charge in [-0.3, -0.25) is 0 Å². The quantitative estimate of drug-likeness (QED) is 0.780. The van der Waals surface area contributed by atoms with Gasteiger partial charge in [0.1, 0.15) is 29.4 Å². The number of rotatable bonds is 2. The highest BCUT2D eigenvalue weighted by molar-refractivity contribution is 5.65. The van der Waals surface area contributed by atoms with Crippen LogP contribution in [0.2, 0.25) is 0 Å². The van der Waals surface area contributed by atoms with E-state index >= 15 is 0 Å². The average molecular weight is 293 g/mol. The van der Waals surface area contributed by atoms with Crippen molar-refractivity contribution in [3.05, 3.63) is 54.0 Å². The molecule has 22 heavy (non-hydrogen) atoms. The zero-order valence-electron chi connectivity index (χ0n) is 11.9. The van der Waals surface area contributed by atoms with E-state index in [1.165, 1.54) is 6.33 Å². The lowest BCUT2D eigenvalue weighted by molar-refractivity contribution is 0.379. The minimum absolute atomic E-state index is 0.476. The maximum Gasteiger partial charge on any atom is 0.144 e. The van der Waals surface area contributed by atoms with Crippen LogP contribution in [0.4, 0.5) is 11.6 Å². The number of nitrogen functional groups attached to an aromatic ring is 1. The number of benzene rings is 1. The van der Waals surface area contributed by atoms with Crippen molar-refractivity contribution in [3.63, 3.8) is 0 Å². The molecule has 0 saturated heterocycles. The monoisotopic (exact) mass is 293 g/mol. The van der Waals surface area contributed by atoms with Crippen LogP contribution in [-0.2, 0) is 13.0 Å². The number of aromatic nitrogens is 3. The fraction of sp³-hybridized carbons (Fsp3) is 0.188. The van der Waals surface area contributed by atoms with E-state index in [0.717, 1.165) is 41.4 Å². The molecule has 0 saturated carbocycles.